The van der Waals surface area contributed by atoms with E-state index in [9.17, 15) is 4.79 Å². The van der Waals surface area contributed by atoms with Gasteiger partial charge < -0.3 is 19.1 Å². The SMILES string of the molecule is CCCN(CC)C(=O)c1cccc2cc(Oc3ccnc4cc(OC)c(OC)cc34)ccc12. The van der Waals surface area contributed by atoms with Crippen LogP contribution in [0.1, 0.15) is 30.6 Å². The van der Waals surface area contributed by atoms with E-state index in [2.05, 4.69) is 11.9 Å². The van der Waals surface area contributed by atoms with Crippen molar-refractivity contribution in [2.45, 2.75) is 20.3 Å². The topological polar surface area (TPSA) is 60.9 Å². The fourth-order valence-corrected chi connectivity index (χ4v) is 4.02. The third-order valence-corrected chi connectivity index (χ3v) is 5.68. The molecule has 0 spiro atoms. The van der Waals surface area contributed by atoms with Gasteiger partial charge in [-0.15, -0.1) is 0 Å². The molecule has 0 unspecified atom stereocenters. The summed E-state index contributed by atoms with van der Waals surface area (Å²) < 4.78 is 17.1. The molecule has 0 aliphatic heterocycles. The minimum Gasteiger partial charge on any atom is -0.493 e. The van der Waals surface area contributed by atoms with Gasteiger partial charge in [-0.05, 0) is 60.5 Å². The smallest absolute Gasteiger partial charge is 0.254 e. The van der Waals surface area contributed by atoms with E-state index in [1.165, 1.54) is 0 Å². The molecule has 33 heavy (non-hydrogen) atoms. The van der Waals surface area contributed by atoms with E-state index in [1.807, 2.05) is 66.4 Å². The molecule has 0 fully saturated rings. The molecule has 3 aromatic carbocycles. The second-order valence-corrected chi connectivity index (χ2v) is 7.71. The van der Waals surface area contributed by atoms with E-state index >= 15 is 0 Å². The van der Waals surface area contributed by atoms with E-state index in [-0.39, 0.29) is 5.91 Å². The third kappa shape index (κ3) is 4.42. The molecule has 4 aromatic rings. The lowest BCUT2D eigenvalue weighted by atomic mass is 10.0. The van der Waals surface area contributed by atoms with E-state index in [0.717, 1.165) is 34.6 Å². The molecule has 170 valence electrons. The van der Waals surface area contributed by atoms with Crippen molar-refractivity contribution in [3.63, 3.8) is 0 Å². The maximum absolute atomic E-state index is 13.1. The van der Waals surface area contributed by atoms with Gasteiger partial charge in [-0.1, -0.05) is 19.1 Å². The Morgan fingerprint density at radius 3 is 2.42 bits per heavy atom. The van der Waals surface area contributed by atoms with Gasteiger partial charge in [0.25, 0.3) is 5.91 Å². The lowest BCUT2D eigenvalue weighted by Gasteiger charge is -2.21. The molecule has 6 heteroatoms. The third-order valence-electron chi connectivity index (χ3n) is 5.68. The molecular weight excluding hydrogens is 416 g/mol. The highest BCUT2D eigenvalue weighted by molar-refractivity contribution is 6.07. The van der Waals surface area contributed by atoms with E-state index in [4.69, 9.17) is 14.2 Å². The Bertz CT molecular complexity index is 1300. The van der Waals surface area contributed by atoms with Crippen LogP contribution in [0, 0.1) is 0 Å². The summed E-state index contributed by atoms with van der Waals surface area (Å²) in [6.07, 6.45) is 2.63. The molecule has 0 aliphatic rings. The number of fused-ring (bicyclic) bond motifs is 2. The van der Waals surface area contributed by atoms with Crippen molar-refractivity contribution in [1.82, 2.24) is 9.88 Å². The van der Waals surface area contributed by atoms with Crippen LogP contribution in [0.5, 0.6) is 23.0 Å². The molecule has 0 N–H and O–H groups in total. The van der Waals surface area contributed by atoms with Crippen LogP contribution in [0.15, 0.2) is 60.8 Å². The van der Waals surface area contributed by atoms with Crippen LogP contribution in [-0.2, 0) is 0 Å². The molecule has 0 atom stereocenters. The van der Waals surface area contributed by atoms with Gasteiger partial charge in [0.05, 0.1) is 19.7 Å². The van der Waals surface area contributed by atoms with Gasteiger partial charge in [-0.2, -0.15) is 0 Å². The molecule has 1 amide bonds. The Morgan fingerprint density at radius 2 is 1.70 bits per heavy atom. The number of hydrogen-bond donors (Lipinski definition) is 0. The van der Waals surface area contributed by atoms with E-state index in [1.54, 1.807) is 20.4 Å². The Hall–Kier alpha value is -3.80. The second-order valence-electron chi connectivity index (χ2n) is 7.71. The zero-order valence-electron chi connectivity index (χ0n) is 19.4. The number of methoxy groups -OCH3 is 2. The van der Waals surface area contributed by atoms with Crippen molar-refractivity contribution in [2.24, 2.45) is 0 Å². The molecule has 0 radical (unpaired) electrons. The van der Waals surface area contributed by atoms with E-state index < -0.39 is 0 Å². The molecule has 4 rings (SSSR count). The van der Waals surface area contributed by atoms with Crippen molar-refractivity contribution in [3.05, 3.63) is 66.4 Å². The minimum atomic E-state index is 0.0554. The lowest BCUT2D eigenvalue weighted by molar-refractivity contribution is 0.0766. The number of ether oxygens (including phenoxy) is 3. The summed E-state index contributed by atoms with van der Waals surface area (Å²) in [5, 5.41) is 2.68. The zero-order valence-corrected chi connectivity index (χ0v) is 19.4. The number of amides is 1. The van der Waals surface area contributed by atoms with Crippen LogP contribution in [0.25, 0.3) is 21.7 Å². The number of pyridine rings is 1. The first-order valence-corrected chi connectivity index (χ1v) is 11.1. The second kappa shape index (κ2) is 9.77. The highest BCUT2D eigenvalue weighted by Gasteiger charge is 2.17. The predicted octanol–water partition coefficient (Wildman–Crippen LogP) is 6.07. The number of carbonyl (C=O) groups is 1. The minimum absolute atomic E-state index is 0.0554. The maximum atomic E-state index is 13.1. The maximum Gasteiger partial charge on any atom is 0.254 e. The van der Waals surface area contributed by atoms with Crippen molar-refractivity contribution in [1.29, 1.82) is 0 Å². The number of nitrogens with zero attached hydrogens (tertiary/aromatic N) is 2. The van der Waals surface area contributed by atoms with Gasteiger partial charge >= 0.3 is 0 Å². The fourth-order valence-electron chi connectivity index (χ4n) is 4.02. The lowest BCUT2D eigenvalue weighted by Crippen LogP contribution is -2.31. The Balaban J connectivity index is 1.71. The van der Waals surface area contributed by atoms with Gasteiger partial charge in [-0.3, -0.25) is 9.78 Å². The molecule has 0 saturated carbocycles. The molecule has 6 nitrogen and oxygen atoms in total. The van der Waals surface area contributed by atoms with Crippen molar-refractivity contribution >= 4 is 27.6 Å². The molecule has 1 aromatic heterocycles. The Kier molecular flexibility index (Phi) is 6.63. The van der Waals surface area contributed by atoms with Crippen molar-refractivity contribution in [3.8, 4) is 23.0 Å². The molecule has 0 aliphatic carbocycles. The highest BCUT2D eigenvalue weighted by atomic mass is 16.5. The average Bonchev–Trinajstić information content (AvgIpc) is 2.85. The van der Waals surface area contributed by atoms with Crippen LogP contribution in [-0.4, -0.2) is 43.1 Å². The summed E-state index contributed by atoms with van der Waals surface area (Å²) in [5.41, 5.74) is 1.45. The standard InChI is InChI=1S/C27H28N2O4/c1-5-14-29(6-2)27(30)21-9-7-8-18-15-19(10-11-20(18)21)33-24-12-13-28-23-17-26(32-4)25(31-3)16-22(23)24/h7-13,15-17H,5-6,14H2,1-4H3. The first-order valence-electron chi connectivity index (χ1n) is 11.1. The fraction of sp³-hybridized carbons (Fsp3) is 0.259. The normalized spacial score (nSPS) is 10.9. The van der Waals surface area contributed by atoms with Gasteiger partial charge in [0.1, 0.15) is 11.5 Å². The summed E-state index contributed by atoms with van der Waals surface area (Å²) in [7, 11) is 3.20. The monoisotopic (exact) mass is 444 g/mol. The summed E-state index contributed by atoms with van der Waals surface area (Å²) >= 11 is 0. The molecule has 0 saturated heterocycles. The largest absolute Gasteiger partial charge is 0.493 e. The van der Waals surface area contributed by atoms with Crippen molar-refractivity contribution < 1.29 is 19.0 Å². The summed E-state index contributed by atoms with van der Waals surface area (Å²) in [6, 6.07) is 17.1. The summed E-state index contributed by atoms with van der Waals surface area (Å²) in [4.78, 5) is 19.4. The van der Waals surface area contributed by atoms with Gasteiger partial charge in [0, 0.05) is 36.3 Å². The summed E-state index contributed by atoms with van der Waals surface area (Å²) in [5.74, 6) is 2.61. The molecule has 1 heterocycles. The first kappa shape index (κ1) is 22.4. The number of carbonyl (C=O) groups excluding carboxylic acids is 1. The van der Waals surface area contributed by atoms with Gasteiger partial charge in [0.2, 0.25) is 0 Å². The predicted molar refractivity (Wildman–Crippen MR) is 131 cm³/mol. The highest BCUT2D eigenvalue weighted by Crippen LogP contribution is 2.37. The van der Waals surface area contributed by atoms with Crippen LogP contribution < -0.4 is 14.2 Å². The van der Waals surface area contributed by atoms with Crippen LogP contribution in [0.4, 0.5) is 0 Å². The molecular formula is C27H28N2O4. The number of benzene rings is 3. The quantitative estimate of drug-likeness (QED) is 0.330. The van der Waals surface area contributed by atoms with Crippen LogP contribution in [0.2, 0.25) is 0 Å². The zero-order chi connectivity index (χ0) is 23.4. The summed E-state index contributed by atoms with van der Waals surface area (Å²) in [6.45, 7) is 5.52. The van der Waals surface area contributed by atoms with Crippen LogP contribution in [0.3, 0.4) is 0 Å². The average molecular weight is 445 g/mol. The number of aromatic nitrogens is 1. The molecule has 0 bridgehead atoms. The first-order chi connectivity index (χ1) is 16.1. The van der Waals surface area contributed by atoms with Gasteiger partial charge in [0.15, 0.2) is 11.5 Å². The Morgan fingerprint density at radius 1 is 0.909 bits per heavy atom. The van der Waals surface area contributed by atoms with Crippen LogP contribution >= 0.6 is 0 Å². The van der Waals surface area contributed by atoms with Gasteiger partial charge in [-0.25, -0.2) is 0 Å². The number of rotatable bonds is 8. The van der Waals surface area contributed by atoms with Crippen molar-refractivity contribution in [2.75, 3.05) is 27.3 Å². The number of hydrogen-bond acceptors (Lipinski definition) is 5. The van der Waals surface area contributed by atoms with E-state index in [0.29, 0.717) is 35.1 Å². The Labute approximate surface area is 193 Å².